The van der Waals surface area contributed by atoms with Crippen LogP contribution < -0.4 is 29.2 Å². The number of hydrogen-bond acceptors (Lipinski definition) is 6. The Morgan fingerprint density at radius 2 is 1.74 bits per heavy atom. The first-order valence-corrected chi connectivity index (χ1v) is 10.0. The van der Waals surface area contributed by atoms with Gasteiger partial charge >= 0.3 is 0 Å². The van der Waals surface area contributed by atoms with E-state index in [9.17, 15) is 9.59 Å². The van der Waals surface area contributed by atoms with Gasteiger partial charge in [0.2, 0.25) is 17.6 Å². The van der Waals surface area contributed by atoms with Gasteiger partial charge in [-0.15, -0.1) is 0 Å². The first kappa shape index (κ1) is 22.3. The molecule has 0 bridgehead atoms. The van der Waals surface area contributed by atoms with Crippen molar-refractivity contribution < 1.29 is 28.5 Å². The summed E-state index contributed by atoms with van der Waals surface area (Å²) in [6, 6.07) is 11.1. The summed E-state index contributed by atoms with van der Waals surface area (Å²) in [5.41, 5.74) is 1.63. The molecule has 2 amide bonds. The monoisotopic (exact) mass is 428 g/mol. The normalized spacial score (nSPS) is 15.5. The topological polar surface area (TPSA) is 86.3 Å². The van der Waals surface area contributed by atoms with Crippen molar-refractivity contribution in [2.75, 3.05) is 45.9 Å². The van der Waals surface area contributed by atoms with E-state index in [1.54, 1.807) is 17.0 Å². The number of amides is 2. The number of aryl methyl sites for hydroxylation is 1. The molecule has 0 spiro atoms. The van der Waals surface area contributed by atoms with Gasteiger partial charge in [-0.1, -0.05) is 18.2 Å². The number of anilines is 1. The number of nitrogens with one attached hydrogen (secondary N) is 1. The highest BCUT2D eigenvalue weighted by molar-refractivity contribution is 6.00. The van der Waals surface area contributed by atoms with Crippen molar-refractivity contribution in [3.8, 4) is 23.0 Å². The van der Waals surface area contributed by atoms with E-state index in [0.29, 0.717) is 36.1 Å². The van der Waals surface area contributed by atoms with Gasteiger partial charge in [0.05, 0.1) is 39.5 Å². The summed E-state index contributed by atoms with van der Waals surface area (Å²) in [5, 5.41) is 2.86. The Hall–Kier alpha value is -3.42. The molecule has 2 aromatic rings. The van der Waals surface area contributed by atoms with E-state index >= 15 is 0 Å². The zero-order valence-electron chi connectivity index (χ0n) is 18.3. The van der Waals surface area contributed by atoms with E-state index in [1.165, 1.54) is 21.3 Å². The molecule has 166 valence electrons. The van der Waals surface area contributed by atoms with Crippen LogP contribution in [0.15, 0.2) is 36.4 Å². The summed E-state index contributed by atoms with van der Waals surface area (Å²) >= 11 is 0. The summed E-state index contributed by atoms with van der Waals surface area (Å²) in [7, 11) is 4.55. The molecule has 0 radical (unpaired) electrons. The Labute approximate surface area is 182 Å². The van der Waals surface area contributed by atoms with Crippen LogP contribution >= 0.6 is 0 Å². The second-order valence-corrected chi connectivity index (χ2v) is 7.19. The molecule has 0 aromatic heterocycles. The molecule has 1 heterocycles. The molecule has 8 heteroatoms. The summed E-state index contributed by atoms with van der Waals surface area (Å²) in [6.07, 6.45) is 0.140. The highest BCUT2D eigenvalue weighted by Crippen LogP contribution is 2.42. The van der Waals surface area contributed by atoms with Gasteiger partial charge in [0.1, 0.15) is 12.4 Å². The van der Waals surface area contributed by atoms with Gasteiger partial charge in [-0.2, -0.15) is 0 Å². The maximum absolute atomic E-state index is 12.6. The van der Waals surface area contributed by atoms with E-state index in [4.69, 9.17) is 18.9 Å². The van der Waals surface area contributed by atoms with Crippen LogP contribution in [-0.4, -0.2) is 52.8 Å². The lowest BCUT2D eigenvalue weighted by molar-refractivity contribution is -0.126. The zero-order chi connectivity index (χ0) is 22.4. The highest BCUT2D eigenvalue weighted by atomic mass is 16.5. The summed E-state index contributed by atoms with van der Waals surface area (Å²) in [6.45, 7) is 2.97. The van der Waals surface area contributed by atoms with Gasteiger partial charge in [0.15, 0.2) is 11.5 Å². The largest absolute Gasteiger partial charge is 0.493 e. The van der Waals surface area contributed by atoms with Crippen molar-refractivity contribution >= 4 is 17.5 Å². The number of methoxy groups -OCH3 is 3. The van der Waals surface area contributed by atoms with E-state index in [1.807, 2.05) is 31.2 Å². The van der Waals surface area contributed by atoms with E-state index in [-0.39, 0.29) is 24.8 Å². The van der Waals surface area contributed by atoms with Crippen molar-refractivity contribution in [2.24, 2.45) is 5.92 Å². The molecule has 1 fully saturated rings. The lowest BCUT2D eigenvalue weighted by Crippen LogP contribution is -2.35. The van der Waals surface area contributed by atoms with Crippen LogP contribution in [0.25, 0.3) is 0 Å². The van der Waals surface area contributed by atoms with Crippen LogP contribution in [0, 0.1) is 12.8 Å². The molecule has 1 aliphatic heterocycles. The number of carbonyl (C=O) groups excluding carboxylic acids is 2. The van der Waals surface area contributed by atoms with Crippen LogP contribution in [0.3, 0.4) is 0 Å². The Kier molecular flexibility index (Phi) is 7.23. The van der Waals surface area contributed by atoms with Crippen molar-refractivity contribution in [3.63, 3.8) is 0 Å². The molecule has 1 N–H and O–H groups in total. The van der Waals surface area contributed by atoms with Crippen LogP contribution in [-0.2, 0) is 9.59 Å². The molecule has 2 aromatic carbocycles. The fourth-order valence-electron chi connectivity index (χ4n) is 3.55. The van der Waals surface area contributed by atoms with Crippen molar-refractivity contribution in [3.05, 3.63) is 42.0 Å². The minimum absolute atomic E-state index is 0.134. The third-order valence-electron chi connectivity index (χ3n) is 5.21. The molecule has 0 saturated carbocycles. The number of hydrogen-bond donors (Lipinski definition) is 1. The van der Waals surface area contributed by atoms with Crippen molar-refractivity contribution in [1.29, 1.82) is 0 Å². The molecule has 3 rings (SSSR count). The Balaban J connectivity index is 1.59. The van der Waals surface area contributed by atoms with Gasteiger partial charge in [0, 0.05) is 25.1 Å². The third kappa shape index (κ3) is 5.02. The lowest BCUT2D eigenvalue weighted by atomic mass is 10.1. The average molecular weight is 428 g/mol. The Morgan fingerprint density at radius 1 is 1.06 bits per heavy atom. The van der Waals surface area contributed by atoms with Gasteiger partial charge in [-0.3, -0.25) is 9.59 Å². The van der Waals surface area contributed by atoms with Crippen molar-refractivity contribution in [2.45, 2.75) is 13.3 Å². The molecular weight excluding hydrogens is 400 g/mol. The molecule has 8 nitrogen and oxygen atoms in total. The zero-order valence-corrected chi connectivity index (χ0v) is 18.3. The lowest BCUT2D eigenvalue weighted by Gasteiger charge is -2.20. The van der Waals surface area contributed by atoms with Gasteiger partial charge < -0.3 is 29.2 Å². The summed E-state index contributed by atoms with van der Waals surface area (Å²) < 4.78 is 21.8. The summed E-state index contributed by atoms with van der Waals surface area (Å²) in [4.78, 5) is 26.7. The SMILES string of the molecule is COc1cc(N2CC(C(=O)NCCOc3ccccc3C)CC2=O)cc(OC)c1OC. The molecule has 1 unspecified atom stereocenters. The van der Waals surface area contributed by atoms with Gasteiger partial charge in [0.25, 0.3) is 0 Å². The smallest absolute Gasteiger partial charge is 0.227 e. The predicted octanol–water partition coefficient (Wildman–Crippen LogP) is 2.57. The number of benzene rings is 2. The van der Waals surface area contributed by atoms with E-state index in [0.717, 1.165) is 11.3 Å². The second kappa shape index (κ2) is 10.1. The standard InChI is InChI=1S/C23H28N2O6/c1-15-7-5-6-8-18(15)31-10-9-24-23(27)16-11-21(26)25(14-16)17-12-19(28-2)22(30-4)20(13-17)29-3/h5-8,12-13,16H,9-11,14H2,1-4H3,(H,24,27). The number of carbonyl (C=O) groups is 2. The average Bonchev–Trinajstić information content (AvgIpc) is 3.18. The molecule has 0 aliphatic carbocycles. The number of ether oxygens (including phenoxy) is 4. The van der Waals surface area contributed by atoms with E-state index < -0.39 is 5.92 Å². The summed E-state index contributed by atoms with van der Waals surface area (Å²) in [5.74, 6) is 1.40. The van der Waals surface area contributed by atoms with Crippen LogP contribution in [0.4, 0.5) is 5.69 Å². The fourth-order valence-corrected chi connectivity index (χ4v) is 3.55. The number of para-hydroxylation sites is 1. The van der Waals surface area contributed by atoms with E-state index in [2.05, 4.69) is 5.32 Å². The highest BCUT2D eigenvalue weighted by Gasteiger charge is 2.35. The minimum Gasteiger partial charge on any atom is -0.493 e. The van der Waals surface area contributed by atoms with Crippen LogP contribution in [0.1, 0.15) is 12.0 Å². The predicted molar refractivity (Wildman–Crippen MR) is 116 cm³/mol. The van der Waals surface area contributed by atoms with Gasteiger partial charge in [-0.05, 0) is 18.6 Å². The Bertz CT molecular complexity index is 920. The molecule has 1 atom stereocenters. The number of nitrogens with zero attached hydrogens (tertiary/aromatic N) is 1. The molecule has 31 heavy (non-hydrogen) atoms. The van der Waals surface area contributed by atoms with Gasteiger partial charge in [-0.25, -0.2) is 0 Å². The third-order valence-corrected chi connectivity index (χ3v) is 5.21. The maximum Gasteiger partial charge on any atom is 0.227 e. The first-order chi connectivity index (χ1) is 15.0. The van der Waals surface area contributed by atoms with Crippen LogP contribution in [0.2, 0.25) is 0 Å². The maximum atomic E-state index is 12.6. The minimum atomic E-state index is -0.440. The quantitative estimate of drug-likeness (QED) is 0.618. The Morgan fingerprint density at radius 3 is 2.35 bits per heavy atom. The van der Waals surface area contributed by atoms with Crippen molar-refractivity contribution in [1.82, 2.24) is 5.32 Å². The molecule has 1 saturated heterocycles. The fraction of sp³-hybridized carbons (Fsp3) is 0.391. The number of rotatable bonds is 9. The van der Waals surface area contributed by atoms with Crippen LogP contribution in [0.5, 0.6) is 23.0 Å². The first-order valence-electron chi connectivity index (χ1n) is 10.0. The molecular formula is C23H28N2O6. The second-order valence-electron chi connectivity index (χ2n) is 7.19. The molecule has 1 aliphatic rings.